The van der Waals surface area contributed by atoms with Crippen molar-refractivity contribution in [1.82, 2.24) is 14.5 Å². The number of aryl methyl sites for hydroxylation is 1. The van der Waals surface area contributed by atoms with Gasteiger partial charge in [0.25, 0.3) is 5.56 Å². The monoisotopic (exact) mass is 509 g/mol. The van der Waals surface area contributed by atoms with Crippen molar-refractivity contribution in [2.75, 3.05) is 0 Å². The highest BCUT2D eigenvalue weighted by molar-refractivity contribution is 6.33. The summed E-state index contributed by atoms with van der Waals surface area (Å²) in [7, 11) is 0. The number of hydrogen-bond donors (Lipinski definition) is 1. The fourth-order valence-electron chi connectivity index (χ4n) is 4.53. The van der Waals surface area contributed by atoms with Gasteiger partial charge in [0.15, 0.2) is 5.89 Å². The molecule has 2 aromatic heterocycles. The fourth-order valence-corrected chi connectivity index (χ4v) is 4.80. The number of rotatable bonds is 5. The normalized spacial score (nSPS) is 11.3. The first-order chi connectivity index (χ1) is 18.0. The highest BCUT2D eigenvalue weighted by atomic mass is 35.5. The summed E-state index contributed by atoms with van der Waals surface area (Å²) < 4.78 is 12.4. The van der Waals surface area contributed by atoms with Crippen LogP contribution in [0.15, 0.2) is 99.1 Å². The predicted octanol–water partition coefficient (Wildman–Crippen LogP) is 6.03. The first-order valence-corrected chi connectivity index (χ1v) is 12.0. The highest BCUT2D eigenvalue weighted by Crippen LogP contribution is 2.37. The van der Waals surface area contributed by atoms with Crippen molar-refractivity contribution in [2.24, 2.45) is 0 Å². The van der Waals surface area contributed by atoms with Crippen LogP contribution in [0.1, 0.15) is 11.6 Å². The number of halogens is 1. The van der Waals surface area contributed by atoms with Crippen LogP contribution in [0.25, 0.3) is 38.5 Å². The van der Waals surface area contributed by atoms with Gasteiger partial charge in [0.2, 0.25) is 0 Å². The van der Waals surface area contributed by atoms with Crippen molar-refractivity contribution < 1.29 is 9.15 Å². The molecule has 0 spiro atoms. The number of aromatic amines is 1. The molecule has 0 fully saturated rings. The molecule has 0 saturated heterocycles. The molecule has 4 aromatic carbocycles. The number of hydrogen-bond acceptors (Lipinski definition) is 5. The molecular formula is C29H20ClN3O4. The van der Waals surface area contributed by atoms with Crippen LogP contribution in [-0.4, -0.2) is 14.5 Å². The molecule has 6 aromatic rings. The Kier molecular flexibility index (Phi) is 5.62. The number of fused-ring (bicyclic) bond motifs is 2. The van der Waals surface area contributed by atoms with Crippen LogP contribution >= 0.6 is 11.6 Å². The summed E-state index contributed by atoms with van der Waals surface area (Å²) >= 11 is 6.57. The molecule has 0 bridgehead atoms. The molecule has 1 N–H and O–H groups in total. The first kappa shape index (κ1) is 22.8. The van der Waals surface area contributed by atoms with E-state index in [1.54, 1.807) is 55.7 Å². The minimum Gasteiger partial charge on any atom is -0.486 e. The molecule has 0 radical (unpaired) electrons. The van der Waals surface area contributed by atoms with Gasteiger partial charge in [0.1, 0.15) is 24.3 Å². The Morgan fingerprint density at radius 2 is 1.78 bits per heavy atom. The average Bonchev–Trinajstić information content (AvgIpc) is 3.32. The largest absolute Gasteiger partial charge is 0.486 e. The summed E-state index contributed by atoms with van der Waals surface area (Å²) in [5, 5.41) is 2.60. The lowest BCUT2D eigenvalue weighted by molar-refractivity contribution is 0.302. The van der Waals surface area contributed by atoms with E-state index in [2.05, 4.69) is 9.97 Å². The predicted molar refractivity (Wildman–Crippen MR) is 144 cm³/mol. The molecule has 0 unspecified atom stereocenters. The van der Waals surface area contributed by atoms with Crippen LogP contribution in [0.4, 0.5) is 0 Å². The van der Waals surface area contributed by atoms with E-state index in [-0.39, 0.29) is 6.61 Å². The Labute approximate surface area is 215 Å². The molecule has 0 aliphatic carbocycles. The molecule has 0 saturated carbocycles. The number of nitrogens with zero attached hydrogens (tertiary/aromatic N) is 2. The Bertz CT molecular complexity index is 1910. The smallest absolute Gasteiger partial charge is 0.333 e. The molecule has 2 heterocycles. The van der Waals surface area contributed by atoms with E-state index >= 15 is 0 Å². The molecule has 0 aliphatic rings. The molecule has 0 atom stereocenters. The Hall–Kier alpha value is -4.62. The van der Waals surface area contributed by atoms with Crippen molar-refractivity contribution in [2.45, 2.75) is 13.5 Å². The fraction of sp³-hybridized carbons (Fsp3) is 0.0690. The summed E-state index contributed by atoms with van der Waals surface area (Å²) in [6, 6.07) is 23.8. The zero-order chi connectivity index (χ0) is 25.5. The van der Waals surface area contributed by atoms with Crippen molar-refractivity contribution in [1.29, 1.82) is 0 Å². The van der Waals surface area contributed by atoms with Crippen LogP contribution in [0.5, 0.6) is 5.75 Å². The molecule has 37 heavy (non-hydrogen) atoms. The lowest BCUT2D eigenvalue weighted by atomic mass is 10.0. The number of nitrogens with one attached hydrogen (secondary N) is 1. The number of benzene rings is 4. The number of aromatic nitrogens is 3. The lowest BCUT2D eigenvalue weighted by Crippen LogP contribution is -2.33. The minimum atomic E-state index is -0.525. The topological polar surface area (TPSA) is 90.1 Å². The zero-order valence-corrected chi connectivity index (χ0v) is 20.5. The van der Waals surface area contributed by atoms with Crippen LogP contribution in [0.2, 0.25) is 5.02 Å². The van der Waals surface area contributed by atoms with Crippen molar-refractivity contribution in [3.05, 3.63) is 123 Å². The van der Waals surface area contributed by atoms with Crippen molar-refractivity contribution >= 4 is 33.3 Å². The van der Waals surface area contributed by atoms with E-state index in [9.17, 15) is 9.59 Å². The van der Waals surface area contributed by atoms with Crippen LogP contribution < -0.4 is 16.0 Å². The molecule has 182 valence electrons. The van der Waals surface area contributed by atoms with E-state index < -0.39 is 11.2 Å². The van der Waals surface area contributed by atoms with Gasteiger partial charge in [-0.15, -0.1) is 0 Å². The van der Waals surface area contributed by atoms with E-state index in [0.717, 1.165) is 10.8 Å². The second kappa shape index (κ2) is 9.11. The van der Waals surface area contributed by atoms with Gasteiger partial charge in [0.05, 0.1) is 21.6 Å². The van der Waals surface area contributed by atoms with Gasteiger partial charge in [-0.3, -0.25) is 4.79 Å². The molecule has 8 heteroatoms. The summed E-state index contributed by atoms with van der Waals surface area (Å²) in [6.07, 6.45) is 1.54. The maximum atomic E-state index is 13.5. The standard InChI is InChI=1S/C29H20ClN3O4/c1-17-31-20(15-36-17)16-37-26-11-5-9-23(30)27(26)19-12-13-22-24(14-19)32-29(35)33(28(22)34)25-10-4-7-18-6-2-3-8-21(18)25/h2-15H,16H2,1H3,(H,32,35). The lowest BCUT2D eigenvalue weighted by Gasteiger charge is -2.14. The maximum absolute atomic E-state index is 13.5. The zero-order valence-electron chi connectivity index (χ0n) is 19.7. The maximum Gasteiger partial charge on any atom is 0.333 e. The molecular weight excluding hydrogens is 490 g/mol. The summed E-state index contributed by atoms with van der Waals surface area (Å²) in [6.45, 7) is 1.96. The van der Waals surface area contributed by atoms with Gasteiger partial charge in [-0.25, -0.2) is 14.3 Å². The van der Waals surface area contributed by atoms with Gasteiger partial charge < -0.3 is 14.1 Å². The molecule has 0 aliphatic heterocycles. The van der Waals surface area contributed by atoms with Gasteiger partial charge in [-0.05, 0) is 41.3 Å². The van der Waals surface area contributed by atoms with Crippen molar-refractivity contribution in [3.63, 3.8) is 0 Å². The molecule has 6 rings (SSSR count). The van der Waals surface area contributed by atoms with Gasteiger partial charge in [-0.2, -0.15) is 0 Å². The number of oxazole rings is 1. The van der Waals surface area contributed by atoms with Crippen LogP contribution in [0, 0.1) is 6.92 Å². The second-order valence-electron chi connectivity index (χ2n) is 8.59. The van der Waals surface area contributed by atoms with Gasteiger partial charge in [0, 0.05) is 17.9 Å². The summed E-state index contributed by atoms with van der Waals surface area (Å²) in [5.74, 6) is 1.09. The van der Waals surface area contributed by atoms with Crippen molar-refractivity contribution in [3.8, 4) is 22.6 Å². The Morgan fingerprint density at radius 3 is 2.62 bits per heavy atom. The minimum absolute atomic E-state index is 0.199. The van der Waals surface area contributed by atoms with Gasteiger partial charge >= 0.3 is 5.69 Å². The first-order valence-electron chi connectivity index (χ1n) is 11.6. The van der Waals surface area contributed by atoms with Crippen LogP contribution in [-0.2, 0) is 6.61 Å². The summed E-state index contributed by atoms with van der Waals surface area (Å²) in [4.78, 5) is 33.8. The van der Waals surface area contributed by atoms with Crippen LogP contribution in [0.3, 0.4) is 0 Å². The molecule has 0 amide bonds. The van der Waals surface area contributed by atoms with E-state index in [1.807, 2.05) is 36.4 Å². The second-order valence-corrected chi connectivity index (χ2v) is 9.00. The highest BCUT2D eigenvalue weighted by Gasteiger charge is 2.16. The van der Waals surface area contributed by atoms with E-state index in [0.29, 0.717) is 50.1 Å². The average molecular weight is 510 g/mol. The SMILES string of the molecule is Cc1nc(COc2cccc(Cl)c2-c2ccc3c(=O)n(-c4cccc5ccccc45)c(=O)[nH]c3c2)co1. The third-order valence-electron chi connectivity index (χ3n) is 6.21. The number of H-pyrrole nitrogens is 1. The Balaban J connectivity index is 1.46. The summed E-state index contributed by atoms with van der Waals surface area (Å²) in [5.41, 5.74) is 2.00. The van der Waals surface area contributed by atoms with Gasteiger partial charge in [-0.1, -0.05) is 60.1 Å². The van der Waals surface area contributed by atoms with E-state index in [4.69, 9.17) is 20.8 Å². The third kappa shape index (κ3) is 4.09. The molecule has 7 nitrogen and oxygen atoms in total. The van der Waals surface area contributed by atoms with E-state index in [1.165, 1.54) is 4.57 Å². The third-order valence-corrected chi connectivity index (χ3v) is 6.53. The quantitative estimate of drug-likeness (QED) is 0.306. The Morgan fingerprint density at radius 1 is 0.973 bits per heavy atom. The number of ether oxygens (including phenoxy) is 1.